The maximum atomic E-state index is 3.61. The molecule has 0 bridgehead atoms. The number of aryl methyl sites for hydroxylation is 1. The summed E-state index contributed by atoms with van der Waals surface area (Å²) in [5, 5.41) is 3.61. The Morgan fingerprint density at radius 1 is 1.25 bits per heavy atom. The molecule has 1 heterocycles. The van der Waals surface area contributed by atoms with Crippen LogP contribution >= 0.6 is 0 Å². The van der Waals surface area contributed by atoms with Gasteiger partial charge in [0.1, 0.15) is 0 Å². The number of fused-ring (bicyclic) bond motifs is 1. The summed E-state index contributed by atoms with van der Waals surface area (Å²) < 4.78 is 0. The number of anilines is 1. The molecule has 2 rings (SSSR count). The van der Waals surface area contributed by atoms with Gasteiger partial charge in [-0.15, -0.1) is 0 Å². The Kier molecular flexibility index (Phi) is 5.09. The van der Waals surface area contributed by atoms with Crippen LogP contribution in [0.3, 0.4) is 0 Å². The number of nitrogens with zero attached hydrogens (tertiary/aromatic N) is 1. The molecule has 1 aromatic carbocycles. The molecule has 0 fully saturated rings. The molecule has 0 unspecified atom stereocenters. The highest BCUT2D eigenvalue weighted by molar-refractivity contribution is 5.55. The second-order valence-electron chi connectivity index (χ2n) is 7.34. The first-order chi connectivity index (χ1) is 9.48. The molecule has 1 aliphatic heterocycles. The summed E-state index contributed by atoms with van der Waals surface area (Å²) in [4.78, 5) is 2.58. The van der Waals surface area contributed by atoms with E-state index in [-0.39, 0.29) is 0 Å². The van der Waals surface area contributed by atoms with Crippen molar-refractivity contribution in [3.63, 3.8) is 0 Å². The second-order valence-corrected chi connectivity index (χ2v) is 7.34. The summed E-state index contributed by atoms with van der Waals surface area (Å²) in [6, 6.07) is 8.90. The van der Waals surface area contributed by atoms with E-state index in [0.717, 1.165) is 25.6 Å². The summed E-state index contributed by atoms with van der Waals surface area (Å²) in [6.45, 7) is 13.8. The molecule has 0 atom stereocenters. The van der Waals surface area contributed by atoms with Crippen molar-refractivity contribution in [2.75, 3.05) is 31.1 Å². The molecular formula is C18H30N2. The molecule has 2 heteroatoms. The van der Waals surface area contributed by atoms with Gasteiger partial charge in [-0.05, 0) is 42.3 Å². The largest absolute Gasteiger partial charge is 0.371 e. The molecule has 112 valence electrons. The SMILES string of the molecule is CC(C)CNCC(C)(C)CN1CCCc2ccccc21. The Hall–Kier alpha value is -1.02. The Bertz CT molecular complexity index is 423. The Morgan fingerprint density at radius 3 is 2.75 bits per heavy atom. The van der Waals surface area contributed by atoms with Gasteiger partial charge in [0.05, 0.1) is 0 Å². The molecular weight excluding hydrogens is 244 g/mol. The predicted molar refractivity (Wildman–Crippen MR) is 88.5 cm³/mol. The van der Waals surface area contributed by atoms with Crippen molar-refractivity contribution in [3.8, 4) is 0 Å². The van der Waals surface area contributed by atoms with E-state index < -0.39 is 0 Å². The first-order valence-electron chi connectivity index (χ1n) is 8.01. The van der Waals surface area contributed by atoms with E-state index in [4.69, 9.17) is 0 Å². The van der Waals surface area contributed by atoms with E-state index >= 15 is 0 Å². The van der Waals surface area contributed by atoms with Crippen LogP contribution in [-0.4, -0.2) is 26.2 Å². The van der Waals surface area contributed by atoms with Gasteiger partial charge in [0.25, 0.3) is 0 Å². The van der Waals surface area contributed by atoms with E-state index in [1.165, 1.54) is 30.6 Å². The summed E-state index contributed by atoms with van der Waals surface area (Å²) in [7, 11) is 0. The lowest BCUT2D eigenvalue weighted by atomic mass is 9.90. The highest BCUT2D eigenvalue weighted by atomic mass is 15.1. The van der Waals surface area contributed by atoms with Crippen LogP contribution in [0.5, 0.6) is 0 Å². The number of hydrogen-bond acceptors (Lipinski definition) is 2. The second kappa shape index (κ2) is 6.62. The third-order valence-electron chi connectivity index (χ3n) is 3.98. The standard InChI is InChI=1S/C18H30N2/c1-15(2)12-19-13-18(3,4)14-20-11-7-9-16-8-5-6-10-17(16)20/h5-6,8,10,15,19H,7,9,11-14H2,1-4H3. The minimum atomic E-state index is 0.305. The van der Waals surface area contributed by atoms with E-state index in [2.05, 4.69) is 62.2 Å². The van der Waals surface area contributed by atoms with Crippen LogP contribution in [0, 0.1) is 11.3 Å². The summed E-state index contributed by atoms with van der Waals surface area (Å²) in [5.74, 6) is 0.724. The molecule has 0 spiro atoms. The molecule has 20 heavy (non-hydrogen) atoms. The number of benzene rings is 1. The van der Waals surface area contributed by atoms with Gasteiger partial charge in [0.15, 0.2) is 0 Å². The van der Waals surface area contributed by atoms with Gasteiger partial charge in [-0.2, -0.15) is 0 Å². The van der Waals surface area contributed by atoms with Crippen LogP contribution in [0.25, 0.3) is 0 Å². The van der Waals surface area contributed by atoms with Crippen LogP contribution in [0.1, 0.15) is 39.7 Å². The zero-order valence-corrected chi connectivity index (χ0v) is 13.6. The molecule has 0 aromatic heterocycles. The summed E-state index contributed by atoms with van der Waals surface area (Å²) in [5.41, 5.74) is 3.28. The lowest BCUT2D eigenvalue weighted by Crippen LogP contribution is -2.43. The number of hydrogen-bond donors (Lipinski definition) is 1. The van der Waals surface area contributed by atoms with E-state index in [1.807, 2.05) is 0 Å². The number of para-hydroxylation sites is 1. The zero-order valence-electron chi connectivity index (χ0n) is 13.6. The first-order valence-corrected chi connectivity index (χ1v) is 8.01. The number of rotatable bonds is 6. The molecule has 0 amide bonds. The molecule has 1 aliphatic rings. The molecule has 2 nitrogen and oxygen atoms in total. The summed E-state index contributed by atoms with van der Waals surface area (Å²) in [6.07, 6.45) is 2.52. The third kappa shape index (κ3) is 4.24. The lowest BCUT2D eigenvalue weighted by molar-refractivity contribution is 0.331. The van der Waals surface area contributed by atoms with Crippen molar-refractivity contribution in [2.24, 2.45) is 11.3 Å². The van der Waals surface area contributed by atoms with Gasteiger partial charge in [-0.1, -0.05) is 45.9 Å². The van der Waals surface area contributed by atoms with E-state index in [0.29, 0.717) is 5.41 Å². The quantitative estimate of drug-likeness (QED) is 0.850. The van der Waals surface area contributed by atoms with Crippen LogP contribution in [0.2, 0.25) is 0 Å². The van der Waals surface area contributed by atoms with E-state index in [1.54, 1.807) is 0 Å². The minimum Gasteiger partial charge on any atom is -0.371 e. The Morgan fingerprint density at radius 2 is 2.00 bits per heavy atom. The van der Waals surface area contributed by atoms with Gasteiger partial charge in [0.2, 0.25) is 0 Å². The van der Waals surface area contributed by atoms with Gasteiger partial charge >= 0.3 is 0 Å². The third-order valence-corrected chi connectivity index (χ3v) is 3.98. The topological polar surface area (TPSA) is 15.3 Å². The minimum absolute atomic E-state index is 0.305. The fraction of sp³-hybridized carbons (Fsp3) is 0.667. The van der Waals surface area contributed by atoms with Gasteiger partial charge < -0.3 is 10.2 Å². The van der Waals surface area contributed by atoms with Crippen molar-refractivity contribution >= 4 is 5.69 Å². The highest BCUT2D eigenvalue weighted by Gasteiger charge is 2.24. The van der Waals surface area contributed by atoms with Crippen LogP contribution < -0.4 is 10.2 Å². The van der Waals surface area contributed by atoms with Crippen LogP contribution in [-0.2, 0) is 6.42 Å². The molecule has 0 saturated carbocycles. The molecule has 0 saturated heterocycles. The van der Waals surface area contributed by atoms with Crippen molar-refractivity contribution < 1.29 is 0 Å². The van der Waals surface area contributed by atoms with Gasteiger partial charge in [-0.25, -0.2) is 0 Å². The van der Waals surface area contributed by atoms with Crippen molar-refractivity contribution in [3.05, 3.63) is 29.8 Å². The summed E-state index contributed by atoms with van der Waals surface area (Å²) >= 11 is 0. The molecule has 0 aliphatic carbocycles. The monoisotopic (exact) mass is 274 g/mol. The maximum absolute atomic E-state index is 3.61. The Balaban J connectivity index is 1.96. The predicted octanol–water partition coefficient (Wildman–Crippen LogP) is 3.71. The molecule has 0 radical (unpaired) electrons. The van der Waals surface area contributed by atoms with E-state index in [9.17, 15) is 0 Å². The van der Waals surface area contributed by atoms with Gasteiger partial charge in [-0.3, -0.25) is 0 Å². The van der Waals surface area contributed by atoms with Crippen molar-refractivity contribution in [2.45, 2.75) is 40.5 Å². The molecule has 1 N–H and O–H groups in total. The number of nitrogens with one attached hydrogen (secondary N) is 1. The average molecular weight is 274 g/mol. The first kappa shape index (κ1) is 15.4. The zero-order chi connectivity index (χ0) is 14.6. The Labute approximate surface area is 124 Å². The highest BCUT2D eigenvalue weighted by Crippen LogP contribution is 2.29. The fourth-order valence-electron chi connectivity index (χ4n) is 3.05. The van der Waals surface area contributed by atoms with Crippen LogP contribution in [0.4, 0.5) is 5.69 Å². The average Bonchev–Trinajstić information content (AvgIpc) is 2.38. The normalized spacial score (nSPS) is 15.6. The smallest absolute Gasteiger partial charge is 0.0398 e. The maximum Gasteiger partial charge on any atom is 0.0398 e. The van der Waals surface area contributed by atoms with Crippen LogP contribution in [0.15, 0.2) is 24.3 Å². The fourth-order valence-corrected chi connectivity index (χ4v) is 3.05. The van der Waals surface area contributed by atoms with Crippen molar-refractivity contribution in [1.82, 2.24) is 5.32 Å². The lowest BCUT2D eigenvalue weighted by Gasteiger charge is -2.38. The van der Waals surface area contributed by atoms with Gasteiger partial charge in [0, 0.05) is 25.3 Å². The van der Waals surface area contributed by atoms with Crippen molar-refractivity contribution in [1.29, 1.82) is 0 Å². The molecule has 1 aromatic rings.